The summed E-state index contributed by atoms with van der Waals surface area (Å²) in [4.78, 5) is 39.4. The SMILES string of the molecule is O=C(NCc1ccc(F)cc1F)c1cn2c(c(O)c1=O)C(=O)N1CC2CCC[C@@H]1CF. The third-order valence-electron chi connectivity index (χ3n) is 5.87. The van der Waals surface area contributed by atoms with E-state index >= 15 is 0 Å². The van der Waals surface area contributed by atoms with E-state index in [4.69, 9.17) is 0 Å². The molecule has 7 nitrogen and oxygen atoms in total. The molecule has 0 saturated carbocycles. The van der Waals surface area contributed by atoms with Crippen LogP contribution < -0.4 is 10.7 Å². The van der Waals surface area contributed by atoms with E-state index in [-0.39, 0.29) is 30.4 Å². The molecule has 10 heteroatoms. The van der Waals surface area contributed by atoms with Crippen molar-refractivity contribution in [2.75, 3.05) is 13.2 Å². The average Bonchev–Trinajstić information content (AvgIpc) is 2.93. The number of hydrogen-bond acceptors (Lipinski definition) is 4. The largest absolute Gasteiger partial charge is 0.503 e. The van der Waals surface area contributed by atoms with E-state index in [0.717, 1.165) is 6.07 Å². The van der Waals surface area contributed by atoms with Crippen LogP contribution in [0.25, 0.3) is 0 Å². The highest BCUT2D eigenvalue weighted by molar-refractivity contribution is 5.99. The van der Waals surface area contributed by atoms with Gasteiger partial charge in [0.05, 0.1) is 12.1 Å². The number of aromatic nitrogens is 1. The lowest BCUT2D eigenvalue weighted by molar-refractivity contribution is 0.0557. The van der Waals surface area contributed by atoms with Gasteiger partial charge in [0.2, 0.25) is 5.43 Å². The summed E-state index contributed by atoms with van der Waals surface area (Å²) in [6.45, 7) is -0.810. The first-order chi connectivity index (χ1) is 14.8. The molecule has 2 aliphatic heterocycles. The summed E-state index contributed by atoms with van der Waals surface area (Å²) in [6, 6.07) is 1.95. The van der Waals surface area contributed by atoms with E-state index in [9.17, 15) is 32.7 Å². The number of carbonyl (C=O) groups excluding carboxylic acids is 2. The molecule has 4 rings (SSSR count). The van der Waals surface area contributed by atoms with Gasteiger partial charge in [-0.25, -0.2) is 13.2 Å². The summed E-state index contributed by atoms with van der Waals surface area (Å²) < 4.78 is 41.6. The molecule has 2 N–H and O–H groups in total. The van der Waals surface area contributed by atoms with Crippen molar-refractivity contribution in [3.05, 3.63) is 63.1 Å². The molecule has 1 aromatic heterocycles. The van der Waals surface area contributed by atoms with Crippen molar-refractivity contribution in [3.63, 3.8) is 0 Å². The summed E-state index contributed by atoms with van der Waals surface area (Å²) >= 11 is 0. The Balaban J connectivity index is 1.66. The number of fused-ring (bicyclic) bond motifs is 4. The van der Waals surface area contributed by atoms with Gasteiger partial charge < -0.3 is 19.9 Å². The second-order valence-corrected chi connectivity index (χ2v) is 7.75. The Hall–Kier alpha value is -3.30. The van der Waals surface area contributed by atoms with Crippen LogP contribution in [0.2, 0.25) is 0 Å². The van der Waals surface area contributed by atoms with Crippen molar-refractivity contribution in [1.82, 2.24) is 14.8 Å². The first kappa shape index (κ1) is 21.0. The predicted octanol–water partition coefficient (Wildman–Crippen LogP) is 2.28. The van der Waals surface area contributed by atoms with Gasteiger partial charge >= 0.3 is 0 Å². The quantitative estimate of drug-likeness (QED) is 0.771. The van der Waals surface area contributed by atoms with Crippen molar-refractivity contribution in [2.24, 2.45) is 0 Å². The van der Waals surface area contributed by atoms with Crippen LogP contribution in [0.5, 0.6) is 5.75 Å². The van der Waals surface area contributed by atoms with E-state index < -0.39 is 52.9 Å². The lowest BCUT2D eigenvalue weighted by Gasteiger charge is -2.37. The molecular formula is C21H20F3N3O4. The zero-order valence-corrected chi connectivity index (χ0v) is 16.4. The van der Waals surface area contributed by atoms with Gasteiger partial charge in [0, 0.05) is 30.9 Å². The number of halogens is 3. The minimum Gasteiger partial charge on any atom is -0.503 e. The molecule has 164 valence electrons. The van der Waals surface area contributed by atoms with Crippen molar-refractivity contribution in [1.29, 1.82) is 0 Å². The molecule has 0 radical (unpaired) electrons. The number of carbonyl (C=O) groups is 2. The van der Waals surface area contributed by atoms with Gasteiger partial charge in [-0.05, 0) is 25.3 Å². The molecular weight excluding hydrogens is 415 g/mol. The van der Waals surface area contributed by atoms with E-state index in [0.29, 0.717) is 25.3 Å². The maximum atomic E-state index is 13.8. The lowest BCUT2D eigenvalue weighted by Crippen LogP contribution is -2.49. The zero-order chi connectivity index (χ0) is 22.3. The molecule has 1 unspecified atom stereocenters. The molecule has 2 aliphatic rings. The minimum atomic E-state index is -1.05. The van der Waals surface area contributed by atoms with Crippen LogP contribution in [0.4, 0.5) is 13.2 Å². The van der Waals surface area contributed by atoms with Crippen LogP contribution >= 0.6 is 0 Å². The molecule has 2 bridgehead atoms. The highest BCUT2D eigenvalue weighted by Gasteiger charge is 2.40. The molecule has 1 fully saturated rings. The third-order valence-corrected chi connectivity index (χ3v) is 5.87. The second kappa shape index (κ2) is 8.09. The van der Waals surface area contributed by atoms with Crippen molar-refractivity contribution < 1.29 is 27.9 Å². The summed E-state index contributed by atoms with van der Waals surface area (Å²) in [5.41, 5.74) is -1.70. The molecule has 2 atom stereocenters. The fourth-order valence-electron chi connectivity index (χ4n) is 4.20. The van der Waals surface area contributed by atoms with Gasteiger partial charge in [0.1, 0.15) is 23.9 Å². The predicted molar refractivity (Wildman–Crippen MR) is 104 cm³/mol. The number of alkyl halides is 1. The van der Waals surface area contributed by atoms with Crippen LogP contribution in [0.15, 0.2) is 29.2 Å². The van der Waals surface area contributed by atoms with E-state index in [1.165, 1.54) is 21.7 Å². The summed E-state index contributed by atoms with van der Waals surface area (Å²) in [7, 11) is 0. The lowest BCUT2D eigenvalue weighted by atomic mass is 10.1. The Kier molecular flexibility index (Phi) is 5.47. The van der Waals surface area contributed by atoms with E-state index in [2.05, 4.69) is 5.32 Å². The number of amides is 2. The fourth-order valence-corrected chi connectivity index (χ4v) is 4.20. The van der Waals surface area contributed by atoms with Gasteiger partial charge in [-0.1, -0.05) is 6.07 Å². The minimum absolute atomic E-state index is 0.0175. The molecule has 0 aliphatic carbocycles. The maximum Gasteiger partial charge on any atom is 0.274 e. The molecule has 3 heterocycles. The van der Waals surface area contributed by atoms with E-state index in [1.807, 2.05) is 0 Å². The Morgan fingerprint density at radius 2 is 2.00 bits per heavy atom. The molecule has 31 heavy (non-hydrogen) atoms. The summed E-state index contributed by atoms with van der Waals surface area (Å²) in [6.07, 6.45) is 2.90. The Morgan fingerprint density at radius 3 is 2.71 bits per heavy atom. The number of hydrogen-bond donors (Lipinski definition) is 2. The topological polar surface area (TPSA) is 91.6 Å². The smallest absolute Gasteiger partial charge is 0.274 e. The summed E-state index contributed by atoms with van der Waals surface area (Å²) in [5.74, 6) is -4.01. The van der Waals surface area contributed by atoms with Crippen LogP contribution in [0.3, 0.4) is 0 Å². The Labute approximate surface area is 175 Å². The highest BCUT2D eigenvalue weighted by atomic mass is 19.1. The molecule has 2 aromatic rings. The van der Waals surface area contributed by atoms with Crippen LogP contribution in [0, 0.1) is 11.6 Å². The fraction of sp³-hybridized carbons (Fsp3) is 0.381. The zero-order valence-electron chi connectivity index (χ0n) is 16.4. The number of pyridine rings is 1. The molecule has 2 amide bonds. The van der Waals surface area contributed by atoms with Crippen molar-refractivity contribution in [2.45, 2.75) is 37.9 Å². The first-order valence-corrected chi connectivity index (χ1v) is 9.89. The van der Waals surface area contributed by atoms with Crippen LogP contribution in [-0.2, 0) is 6.54 Å². The highest BCUT2D eigenvalue weighted by Crippen LogP contribution is 2.34. The molecule has 1 saturated heterocycles. The first-order valence-electron chi connectivity index (χ1n) is 9.89. The van der Waals surface area contributed by atoms with Gasteiger partial charge in [-0.2, -0.15) is 0 Å². The molecule has 1 aromatic carbocycles. The van der Waals surface area contributed by atoms with E-state index in [1.54, 1.807) is 0 Å². The van der Waals surface area contributed by atoms with Crippen molar-refractivity contribution in [3.8, 4) is 5.75 Å². The van der Waals surface area contributed by atoms with Gasteiger partial charge in [-0.3, -0.25) is 14.4 Å². The van der Waals surface area contributed by atoms with Gasteiger partial charge in [-0.15, -0.1) is 0 Å². The van der Waals surface area contributed by atoms with Crippen molar-refractivity contribution >= 4 is 11.8 Å². The number of benzene rings is 1. The summed E-state index contributed by atoms with van der Waals surface area (Å²) in [5, 5.41) is 12.8. The molecule has 0 spiro atoms. The number of aromatic hydroxyl groups is 1. The Bertz CT molecular complexity index is 1120. The number of rotatable bonds is 4. The normalized spacial score (nSPS) is 20.2. The third kappa shape index (κ3) is 3.66. The Morgan fingerprint density at radius 1 is 1.23 bits per heavy atom. The number of nitrogens with one attached hydrogen (secondary N) is 1. The average molecular weight is 435 g/mol. The van der Waals surface area contributed by atoms with Crippen LogP contribution in [0.1, 0.15) is 51.7 Å². The van der Waals surface area contributed by atoms with Gasteiger partial charge in [0.25, 0.3) is 11.8 Å². The van der Waals surface area contributed by atoms with Crippen LogP contribution in [-0.4, -0.2) is 45.6 Å². The maximum absolute atomic E-state index is 13.8. The standard InChI is InChI=1S/C21H20F3N3O4/c22-7-13-2-1-3-14-9-27(13)21(31)17-19(29)18(28)15(10-26(14)17)20(30)25-8-11-4-5-12(23)6-16(11)24/h4-6,10,13-14,29H,1-3,7-9H2,(H,25,30)/t13-,14?/m1/s1. The monoisotopic (exact) mass is 435 g/mol. The van der Waals surface area contributed by atoms with Gasteiger partial charge in [0.15, 0.2) is 11.4 Å². The number of nitrogens with zero attached hydrogens (tertiary/aromatic N) is 2. The second-order valence-electron chi connectivity index (χ2n) is 7.75.